The SMILES string of the molecule is O=C1C(Nc2ccc(N3CCCCC3)cc2)=C(c2ccccc2)C(=O)N1c1ccccc1. The smallest absolute Gasteiger partial charge is 0.282 e. The van der Waals surface area contributed by atoms with Crippen molar-refractivity contribution in [1.29, 1.82) is 0 Å². The molecule has 3 aromatic carbocycles. The van der Waals surface area contributed by atoms with Crippen molar-refractivity contribution in [2.24, 2.45) is 0 Å². The number of piperidine rings is 1. The van der Waals surface area contributed by atoms with Crippen molar-refractivity contribution in [3.8, 4) is 0 Å². The van der Waals surface area contributed by atoms with E-state index in [1.807, 2.05) is 60.7 Å². The minimum absolute atomic E-state index is 0.302. The van der Waals surface area contributed by atoms with E-state index < -0.39 is 0 Å². The van der Waals surface area contributed by atoms with Crippen LogP contribution in [0.3, 0.4) is 0 Å². The third-order valence-corrected chi connectivity index (χ3v) is 6.02. The minimum atomic E-state index is -0.347. The molecule has 2 aliphatic heterocycles. The zero-order valence-corrected chi connectivity index (χ0v) is 17.8. The maximum atomic E-state index is 13.4. The summed E-state index contributed by atoms with van der Waals surface area (Å²) in [6, 6.07) is 26.5. The molecule has 2 amide bonds. The van der Waals surface area contributed by atoms with E-state index in [0.29, 0.717) is 17.0 Å². The molecule has 5 heteroatoms. The van der Waals surface area contributed by atoms with Crippen molar-refractivity contribution in [3.63, 3.8) is 0 Å². The molecule has 0 spiro atoms. The van der Waals surface area contributed by atoms with Crippen LogP contribution in [0.15, 0.2) is 90.6 Å². The van der Waals surface area contributed by atoms with Gasteiger partial charge in [0.05, 0.1) is 11.3 Å². The molecule has 0 aromatic heterocycles. The van der Waals surface area contributed by atoms with Crippen molar-refractivity contribution in [3.05, 3.63) is 96.2 Å². The summed E-state index contributed by atoms with van der Waals surface area (Å²) in [7, 11) is 0. The summed E-state index contributed by atoms with van der Waals surface area (Å²) in [5.41, 5.74) is 3.94. The van der Waals surface area contributed by atoms with Gasteiger partial charge in [-0.2, -0.15) is 0 Å². The molecule has 0 atom stereocenters. The predicted molar refractivity (Wildman–Crippen MR) is 128 cm³/mol. The van der Waals surface area contributed by atoms with E-state index >= 15 is 0 Å². The highest BCUT2D eigenvalue weighted by Gasteiger charge is 2.40. The lowest BCUT2D eigenvalue weighted by Crippen LogP contribution is -2.32. The summed E-state index contributed by atoms with van der Waals surface area (Å²) >= 11 is 0. The zero-order chi connectivity index (χ0) is 21.9. The molecule has 0 radical (unpaired) electrons. The number of nitrogens with one attached hydrogen (secondary N) is 1. The molecule has 3 aromatic rings. The van der Waals surface area contributed by atoms with Gasteiger partial charge in [-0.1, -0.05) is 48.5 Å². The second kappa shape index (κ2) is 8.71. The molecule has 1 fully saturated rings. The highest BCUT2D eigenvalue weighted by Crippen LogP contribution is 2.34. The highest BCUT2D eigenvalue weighted by atomic mass is 16.2. The molecule has 0 bridgehead atoms. The molecule has 0 aliphatic carbocycles. The summed E-state index contributed by atoms with van der Waals surface area (Å²) in [6.45, 7) is 2.16. The van der Waals surface area contributed by atoms with Gasteiger partial charge >= 0.3 is 0 Å². The maximum absolute atomic E-state index is 13.4. The van der Waals surface area contributed by atoms with Gasteiger partial charge in [-0.25, -0.2) is 4.90 Å². The van der Waals surface area contributed by atoms with E-state index in [1.165, 1.54) is 29.8 Å². The van der Waals surface area contributed by atoms with Gasteiger partial charge in [0.15, 0.2) is 0 Å². The first-order chi connectivity index (χ1) is 15.7. The van der Waals surface area contributed by atoms with Crippen molar-refractivity contribution >= 4 is 34.4 Å². The lowest BCUT2D eigenvalue weighted by atomic mass is 10.0. The Morgan fingerprint density at radius 1 is 0.625 bits per heavy atom. The van der Waals surface area contributed by atoms with Crippen molar-refractivity contribution in [2.75, 3.05) is 28.2 Å². The summed E-state index contributed by atoms with van der Waals surface area (Å²) in [5, 5.41) is 3.25. The van der Waals surface area contributed by atoms with Gasteiger partial charge in [0, 0.05) is 24.5 Å². The van der Waals surface area contributed by atoms with Gasteiger partial charge in [-0.3, -0.25) is 9.59 Å². The Balaban J connectivity index is 1.48. The predicted octanol–water partition coefficient (Wildman–Crippen LogP) is 5.07. The third kappa shape index (κ3) is 3.78. The number of benzene rings is 3. The van der Waals surface area contributed by atoms with Gasteiger partial charge in [0.2, 0.25) is 0 Å². The topological polar surface area (TPSA) is 52.7 Å². The molecular formula is C27H25N3O2. The number of anilines is 3. The summed E-state index contributed by atoms with van der Waals surface area (Å²) in [6.07, 6.45) is 3.74. The number of hydrogen-bond donors (Lipinski definition) is 1. The van der Waals surface area contributed by atoms with Crippen LogP contribution in [0.2, 0.25) is 0 Å². The normalized spacial score (nSPS) is 16.6. The van der Waals surface area contributed by atoms with Crippen molar-refractivity contribution < 1.29 is 9.59 Å². The molecule has 2 heterocycles. The Labute approximate surface area is 188 Å². The minimum Gasteiger partial charge on any atom is -0.372 e. The first kappa shape index (κ1) is 20.1. The fraction of sp³-hybridized carbons (Fsp3) is 0.185. The van der Waals surface area contributed by atoms with Crippen LogP contribution < -0.4 is 15.1 Å². The molecule has 5 rings (SSSR count). The van der Waals surface area contributed by atoms with Crippen LogP contribution in [-0.2, 0) is 9.59 Å². The molecule has 160 valence electrons. The van der Waals surface area contributed by atoms with E-state index in [-0.39, 0.29) is 11.8 Å². The highest BCUT2D eigenvalue weighted by molar-refractivity contribution is 6.46. The van der Waals surface area contributed by atoms with Crippen molar-refractivity contribution in [1.82, 2.24) is 0 Å². The molecule has 5 nitrogen and oxygen atoms in total. The molecule has 0 unspecified atom stereocenters. The molecule has 32 heavy (non-hydrogen) atoms. The second-order valence-corrected chi connectivity index (χ2v) is 8.12. The van der Waals surface area contributed by atoms with Gasteiger partial charge in [0.25, 0.3) is 11.8 Å². The fourth-order valence-electron chi connectivity index (χ4n) is 4.38. The summed E-state index contributed by atoms with van der Waals surface area (Å²) in [5.74, 6) is -0.667. The van der Waals surface area contributed by atoms with Gasteiger partial charge in [0.1, 0.15) is 5.70 Å². The quantitative estimate of drug-likeness (QED) is 0.582. The molecule has 0 saturated carbocycles. The van der Waals surface area contributed by atoms with E-state index in [1.54, 1.807) is 12.1 Å². The van der Waals surface area contributed by atoms with Gasteiger partial charge in [-0.05, 0) is 61.2 Å². The standard InChI is InChI=1S/C27H25N3O2/c31-26-24(20-10-4-1-5-11-20)25(27(32)30(26)23-12-6-2-7-13-23)28-21-14-16-22(17-15-21)29-18-8-3-9-19-29/h1-2,4-7,10-17,28H,3,8-9,18-19H2. The monoisotopic (exact) mass is 423 g/mol. The van der Waals surface area contributed by atoms with Gasteiger partial charge < -0.3 is 10.2 Å². The van der Waals surface area contributed by atoms with Crippen LogP contribution >= 0.6 is 0 Å². The summed E-state index contributed by atoms with van der Waals surface area (Å²) < 4.78 is 0. The number of rotatable bonds is 5. The fourth-order valence-corrected chi connectivity index (χ4v) is 4.38. The first-order valence-electron chi connectivity index (χ1n) is 11.1. The lowest BCUT2D eigenvalue weighted by Gasteiger charge is -2.28. The Morgan fingerprint density at radius 3 is 1.91 bits per heavy atom. The number of nitrogens with zero attached hydrogens (tertiary/aromatic N) is 2. The average Bonchev–Trinajstić information content (AvgIpc) is 3.10. The number of imide groups is 1. The third-order valence-electron chi connectivity index (χ3n) is 6.02. The van der Waals surface area contributed by atoms with E-state index in [2.05, 4.69) is 22.3 Å². The van der Waals surface area contributed by atoms with Gasteiger partial charge in [-0.15, -0.1) is 0 Å². The number of carbonyl (C=O) groups is 2. The first-order valence-corrected chi connectivity index (χ1v) is 11.1. The van der Waals surface area contributed by atoms with Crippen LogP contribution in [0.5, 0.6) is 0 Å². The lowest BCUT2D eigenvalue weighted by molar-refractivity contribution is -0.120. The van der Waals surface area contributed by atoms with E-state index in [4.69, 9.17) is 0 Å². The van der Waals surface area contributed by atoms with E-state index in [9.17, 15) is 9.59 Å². The van der Waals surface area contributed by atoms with Crippen molar-refractivity contribution in [2.45, 2.75) is 19.3 Å². The Bertz CT molecular complexity index is 1150. The molecule has 2 aliphatic rings. The largest absolute Gasteiger partial charge is 0.372 e. The van der Waals surface area contributed by atoms with Crippen LogP contribution in [0, 0.1) is 0 Å². The average molecular weight is 424 g/mol. The number of hydrogen-bond acceptors (Lipinski definition) is 4. The Morgan fingerprint density at radius 2 is 1.25 bits per heavy atom. The van der Waals surface area contributed by atoms with Crippen LogP contribution in [0.25, 0.3) is 5.57 Å². The van der Waals surface area contributed by atoms with Crippen LogP contribution in [0.1, 0.15) is 24.8 Å². The summed E-state index contributed by atoms with van der Waals surface area (Å²) in [4.78, 5) is 30.4. The molecule has 1 N–H and O–H groups in total. The van der Waals surface area contributed by atoms with Crippen LogP contribution in [-0.4, -0.2) is 24.9 Å². The second-order valence-electron chi connectivity index (χ2n) is 8.12. The Kier molecular flexibility index (Phi) is 5.46. The van der Waals surface area contributed by atoms with E-state index in [0.717, 1.165) is 24.3 Å². The molecular weight excluding hydrogens is 398 g/mol. The number of amides is 2. The van der Waals surface area contributed by atoms with Crippen LogP contribution in [0.4, 0.5) is 17.1 Å². The zero-order valence-electron chi connectivity index (χ0n) is 17.8. The molecule has 1 saturated heterocycles. The maximum Gasteiger partial charge on any atom is 0.282 e. The Hall–Kier alpha value is -3.86. The number of para-hydroxylation sites is 1. The number of carbonyl (C=O) groups excluding carboxylic acids is 2.